The lowest BCUT2D eigenvalue weighted by atomic mass is 10.2. The summed E-state index contributed by atoms with van der Waals surface area (Å²) in [6.07, 6.45) is 1.07. The highest BCUT2D eigenvalue weighted by Gasteiger charge is 2.26. The summed E-state index contributed by atoms with van der Waals surface area (Å²) in [4.78, 5) is 15.2. The molecular weight excluding hydrogens is 154 g/mol. The summed E-state index contributed by atoms with van der Waals surface area (Å²) in [5.41, 5.74) is 5.27. The summed E-state index contributed by atoms with van der Waals surface area (Å²) < 4.78 is 0. The van der Waals surface area contributed by atoms with E-state index in [1.807, 2.05) is 19.0 Å². The van der Waals surface area contributed by atoms with E-state index in [4.69, 9.17) is 5.73 Å². The Kier molecular flexibility index (Phi) is 3.05. The predicted octanol–water partition coefficient (Wildman–Crippen LogP) is -0.892. The first kappa shape index (κ1) is 9.48. The second-order valence-corrected chi connectivity index (χ2v) is 3.45. The molecule has 0 aromatic heterocycles. The molecule has 1 atom stereocenters. The second-order valence-electron chi connectivity index (χ2n) is 3.45. The maximum absolute atomic E-state index is 11.2. The molecule has 1 fully saturated rings. The number of hydrogen-bond acceptors (Lipinski definition) is 3. The van der Waals surface area contributed by atoms with Crippen molar-refractivity contribution in [3.05, 3.63) is 0 Å². The van der Waals surface area contributed by atoms with Crippen LogP contribution in [0, 0.1) is 0 Å². The third-order valence-corrected chi connectivity index (χ3v) is 2.42. The topological polar surface area (TPSA) is 49.6 Å². The number of nitrogens with two attached hydrogens (primary N) is 1. The van der Waals surface area contributed by atoms with E-state index in [-0.39, 0.29) is 12.5 Å². The van der Waals surface area contributed by atoms with Crippen molar-refractivity contribution in [2.75, 3.05) is 33.7 Å². The number of rotatable bonds is 2. The molecule has 0 bridgehead atoms. The van der Waals surface area contributed by atoms with Gasteiger partial charge in [-0.25, -0.2) is 0 Å². The fraction of sp³-hybridized carbons (Fsp3) is 0.875. The molecule has 1 saturated heterocycles. The second kappa shape index (κ2) is 3.87. The van der Waals surface area contributed by atoms with Gasteiger partial charge in [-0.05, 0) is 20.5 Å². The Bertz CT molecular complexity index is 170. The van der Waals surface area contributed by atoms with Crippen LogP contribution in [-0.4, -0.2) is 55.5 Å². The minimum Gasteiger partial charge on any atom is -0.340 e. The number of nitrogens with zero attached hydrogens (tertiary/aromatic N) is 2. The molecule has 0 spiro atoms. The molecule has 1 rings (SSSR count). The zero-order chi connectivity index (χ0) is 9.14. The number of carbonyl (C=O) groups excluding carboxylic acids is 1. The minimum absolute atomic E-state index is 0.0688. The molecule has 1 aliphatic rings. The largest absolute Gasteiger partial charge is 0.340 e. The molecule has 4 heteroatoms. The van der Waals surface area contributed by atoms with Crippen LogP contribution in [0.3, 0.4) is 0 Å². The third kappa shape index (κ3) is 1.95. The van der Waals surface area contributed by atoms with Gasteiger partial charge in [0, 0.05) is 19.1 Å². The number of likely N-dealkylation sites (N-methyl/N-ethyl adjacent to an activating group) is 1. The summed E-state index contributed by atoms with van der Waals surface area (Å²) >= 11 is 0. The van der Waals surface area contributed by atoms with Crippen molar-refractivity contribution in [1.29, 1.82) is 0 Å². The molecule has 0 saturated carbocycles. The predicted molar refractivity (Wildman–Crippen MR) is 47.7 cm³/mol. The lowest BCUT2D eigenvalue weighted by molar-refractivity contribution is -0.128. The lowest BCUT2D eigenvalue weighted by Gasteiger charge is -2.19. The Morgan fingerprint density at radius 2 is 2.33 bits per heavy atom. The molecule has 1 aliphatic heterocycles. The molecule has 70 valence electrons. The Hall–Kier alpha value is -0.610. The van der Waals surface area contributed by atoms with E-state index in [0.29, 0.717) is 6.04 Å². The molecule has 1 unspecified atom stereocenters. The van der Waals surface area contributed by atoms with Gasteiger partial charge in [0.2, 0.25) is 5.91 Å². The van der Waals surface area contributed by atoms with Gasteiger partial charge < -0.3 is 15.5 Å². The van der Waals surface area contributed by atoms with E-state index in [1.54, 1.807) is 0 Å². The van der Waals surface area contributed by atoms with Crippen molar-refractivity contribution in [3.63, 3.8) is 0 Å². The van der Waals surface area contributed by atoms with Gasteiger partial charge in [0.1, 0.15) is 0 Å². The lowest BCUT2D eigenvalue weighted by Crippen LogP contribution is -2.37. The first-order valence-electron chi connectivity index (χ1n) is 4.29. The van der Waals surface area contributed by atoms with Gasteiger partial charge in [-0.15, -0.1) is 0 Å². The monoisotopic (exact) mass is 171 g/mol. The maximum atomic E-state index is 11.2. The summed E-state index contributed by atoms with van der Waals surface area (Å²) in [5, 5.41) is 0. The third-order valence-electron chi connectivity index (χ3n) is 2.42. The highest BCUT2D eigenvalue weighted by molar-refractivity contribution is 5.78. The van der Waals surface area contributed by atoms with Crippen molar-refractivity contribution >= 4 is 5.91 Å². The van der Waals surface area contributed by atoms with Gasteiger partial charge in [0.05, 0.1) is 6.54 Å². The van der Waals surface area contributed by atoms with Crippen molar-refractivity contribution in [2.24, 2.45) is 5.73 Å². The normalized spacial score (nSPS) is 23.7. The van der Waals surface area contributed by atoms with E-state index in [1.165, 1.54) is 0 Å². The number of hydrogen-bond donors (Lipinski definition) is 1. The molecular formula is C8H17N3O. The van der Waals surface area contributed by atoms with E-state index < -0.39 is 0 Å². The molecule has 1 amide bonds. The molecule has 0 aromatic rings. The van der Waals surface area contributed by atoms with Gasteiger partial charge in [-0.3, -0.25) is 4.79 Å². The quantitative estimate of drug-likeness (QED) is 0.586. The highest BCUT2D eigenvalue weighted by atomic mass is 16.2. The number of likely N-dealkylation sites (tertiary alicyclic amines) is 1. The van der Waals surface area contributed by atoms with Crippen molar-refractivity contribution in [3.8, 4) is 0 Å². The molecule has 0 aliphatic carbocycles. The summed E-state index contributed by atoms with van der Waals surface area (Å²) in [6.45, 7) is 1.84. The fourth-order valence-corrected chi connectivity index (χ4v) is 1.52. The van der Waals surface area contributed by atoms with Crippen LogP contribution in [0.15, 0.2) is 0 Å². The standard InChI is InChI=1S/C8H17N3O/c1-10(2)7-3-4-11(6-7)8(12)5-9/h7H,3-6,9H2,1-2H3. The van der Waals surface area contributed by atoms with E-state index >= 15 is 0 Å². The van der Waals surface area contributed by atoms with Gasteiger partial charge in [0.15, 0.2) is 0 Å². The van der Waals surface area contributed by atoms with Crippen LogP contribution in [0.2, 0.25) is 0 Å². The first-order valence-corrected chi connectivity index (χ1v) is 4.29. The molecule has 0 radical (unpaired) electrons. The number of carbonyl (C=O) groups is 1. The molecule has 12 heavy (non-hydrogen) atoms. The van der Waals surface area contributed by atoms with Crippen LogP contribution in [0.5, 0.6) is 0 Å². The Labute approximate surface area is 73.3 Å². The Morgan fingerprint density at radius 3 is 2.75 bits per heavy atom. The summed E-state index contributed by atoms with van der Waals surface area (Å²) in [5.74, 6) is 0.0688. The van der Waals surface area contributed by atoms with Crippen LogP contribution in [0.25, 0.3) is 0 Å². The highest BCUT2D eigenvalue weighted by Crippen LogP contribution is 2.12. The number of amides is 1. The zero-order valence-electron chi connectivity index (χ0n) is 7.79. The molecule has 2 N–H and O–H groups in total. The van der Waals surface area contributed by atoms with Crippen molar-refractivity contribution in [2.45, 2.75) is 12.5 Å². The van der Waals surface area contributed by atoms with Gasteiger partial charge in [-0.1, -0.05) is 0 Å². The molecule has 1 heterocycles. The SMILES string of the molecule is CN(C)C1CCN(C(=O)CN)C1. The fourth-order valence-electron chi connectivity index (χ4n) is 1.52. The van der Waals surface area contributed by atoms with E-state index in [0.717, 1.165) is 19.5 Å². The van der Waals surface area contributed by atoms with Crippen molar-refractivity contribution in [1.82, 2.24) is 9.80 Å². The zero-order valence-corrected chi connectivity index (χ0v) is 7.79. The van der Waals surface area contributed by atoms with Gasteiger partial charge >= 0.3 is 0 Å². The summed E-state index contributed by atoms with van der Waals surface area (Å²) in [6, 6.07) is 0.514. The van der Waals surface area contributed by atoms with Crippen LogP contribution in [0.1, 0.15) is 6.42 Å². The van der Waals surface area contributed by atoms with Gasteiger partial charge in [0.25, 0.3) is 0 Å². The Balaban J connectivity index is 2.40. The molecule has 0 aromatic carbocycles. The van der Waals surface area contributed by atoms with Crippen LogP contribution in [-0.2, 0) is 4.79 Å². The maximum Gasteiger partial charge on any atom is 0.236 e. The van der Waals surface area contributed by atoms with Crippen molar-refractivity contribution < 1.29 is 4.79 Å². The van der Waals surface area contributed by atoms with E-state index in [2.05, 4.69) is 4.90 Å². The molecule has 4 nitrogen and oxygen atoms in total. The smallest absolute Gasteiger partial charge is 0.236 e. The van der Waals surface area contributed by atoms with Gasteiger partial charge in [-0.2, -0.15) is 0 Å². The van der Waals surface area contributed by atoms with Crippen LogP contribution in [0.4, 0.5) is 0 Å². The minimum atomic E-state index is 0.0688. The first-order chi connectivity index (χ1) is 5.65. The van der Waals surface area contributed by atoms with E-state index in [9.17, 15) is 4.79 Å². The average molecular weight is 171 g/mol. The van der Waals surface area contributed by atoms with Crippen LogP contribution < -0.4 is 5.73 Å². The summed E-state index contributed by atoms with van der Waals surface area (Å²) in [7, 11) is 4.09. The average Bonchev–Trinajstić information content (AvgIpc) is 2.51. The van der Waals surface area contributed by atoms with Crippen LogP contribution >= 0.6 is 0 Å². The Morgan fingerprint density at radius 1 is 1.67 bits per heavy atom.